The third-order valence-electron chi connectivity index (χ3n) is 5.76. The number of nitrogens with two attached hydrogens (primary N) is 1. The first-order chi connectivity index (χ1) is 23.5. The number of carboxylic acid groups (broad SMARTS) is 1. The maximum absolute atomic E-state index is 12.5. The van der Waals surface area contributed by atoms with Crippen molar-refractivity contribution in [1.82, 2.24) is 41.6 Å². The standard InChI is InChI=1S/C16H19N6O5P.C8H18N2O.C4H10N2O.C2H4O2/c23-8-10-1-2-11(19-14(25)5-17-9-24)3-13(10)16(27)18-4-12-6-22(21-20-12)7-15(26)28;1-6(2)7(3)10-8(11)5-9-4;1-2-3-6-4(5)7;1-2(3)4/h1-3,6,9,23H,4-5,7-8,28H2,(H,17,24)(H,18,27)(H,19,25);6-7,9H,5H2,1-4H3,(H,10,11);2-3H2,1H3,(H3,5,6,7);1H3,(H,3,4). The van der Waals surface area contributed by atoms with Gasteiger partial charge in [0.25, 0.3) is 11.9 Å². The second kappa shape index (κ2) is 27.9. The van der Waals surface area contributed by atoms with Crippen LogP contribution in [0.15, 0.2) is 24.4 Å². The number of primary amides is 1. The average Bonchev–Trinajstić information content (AvgIpc) is 3.48. The predicted octanol–water partition coefficient (Wildman–Crippen LogP) is -0.691. The maximum Gasteiger partial charge on any atom is 0.312 e. The summed E-state index contributed by atoms with van der Waals surface area (Å²) in [6.45, 7) is 9.86. The Morgan fingerprint density at radius 3 is 2.18 bits per heavy atom. The van der Waals surface area contributed by atoms with E-state index >= 15 is 0 Å². The van der Waals surface area contributed by atoms with Gasteiger partial charge in [0.1, 0.15) is 12.2 Å². The van der Waals surface area contributed by atoms with Crippen molar-refractivity contribution in [3.8, 4) is 0 Å². The number of aromatic nitrogens is 3. The van der Waals surface area contributed by atoms with Gasteiger partial charge in [-0.05, 0) is 44.0 Å². The molecule has 2 rings (SSSR count). The third kappa shape index (κ3) is 25.1. The van der Waals surface area contributed by atoms with E-state index in [0.29, 0.717) is 42.4 Å². The summed E-state index contributed by atoms with van der Waals surface area (Å²) >= 11 is 0. The van der Waals surface area contributed by atoms with Gasteiger partial charge >= 0.3 is 6.03 Å². The van der Waals surface area contributed by atoms with Gasteiger partial charge in [0.05, 0.1) is 32.4 Å². The first-order valence-corrected chi connectivity index (χ1v) is 15.9. The normalized spacial score (nSPS) is 10.3. The van der Waals surface area contributed by atoms with Crippen molar-refractivity contribution in [1.29, 1.82) is 0 Å². The number of aliphatic hydroxyl groups is 1. The number of urea groups is 1. The van der Waals surface area contributed by atoms with Crippen LogP contribution in [-0.2, 0) is 43.7 Å². The summed E-state index contributed by atoms with van der Waals surface area (Å²) < 4.78 is 1.35. The molecule has 0 bridgehead atoms. The number of rotatable bonds is 16. The quantitative estimate of drug-likeness (QED) is 0.0768. The van der Waals surface area contributed by atoms with Crippen molar-refractivity contribution >= 4 is 56.6 Å². The zero-order valence-corrected chi connectivity index (χ0v) is 30.4. The summed E-state index contributed by atoms with van der Waals surface area (Å²) in [4.78, 5) is 75.3. The molecule has 0 aliphatic heterocycles. The molecule has 2 atom stereocenters. The monoisotopic (exact) mass is 726 g/mol. The van der Waals surface area contributed by atoms with Crippen LogP contribution in [0, 0.1) is 5.92 Å². The van der Waals surface area contributed by atoms with Crippen LogP contribution in [-0.4, -0.2) is 99.6 Å². The molecule has 0 fully saturated rings. The van der Waals surface area contributed by atoms with Gasteiger partial charge in [-0.15, -0.1) is 5.10 Å². The van der Waals surface area contributed by atoms with Crippen LogP contribution in [0.4, 0.5) is 10.5 Å². The lowest BCUT2D eigenvalue weighted by Gasteiger charge is -2.16. The molecule has 0 radical (unpaired) electrons. The van der Waals surface area contributed by atoms with E-state index in [9.17, 15) is 33.9 Å². The highest BCUT2D eigenvalue weighted by Gasteiger charge is 2.14. The lowest BCUT2D eigenvalue weighted by molar-refractivity contribution is -0.134. The molecule has 0 aliphatic carbocycles. The van der Waals surface area contributed by atoms with Crippen LogP contribution < -0.4 is 37.6 Å². The van der Waals surface area contributed by atoms with Gasteiger partial charge < -0.3 is 47.8 Å². The number of carbonyl (C=O) groups is 7. The Bertz CT molecular complexity index is 1370. The topological polar surface area (TPSA) is 289 Å². The second-order valence-electron chi connectivity index (χ2n) is 10.6. The Labute approximate surface area is 293 Å². The van der Waals surface area contributed by atoms with E-state index in [1.807, 2.05) is 23.1 Å². The van der Waals surface area contributed by atoms with E-state index < -0.39 is 23.8 Å². The molecular weight excluding hydrogens is 675 g/mol. The predicted molar refractivity (Wildman–Crippen MR) is 189 cm³/mol. The first-order valence-electron chi connectivity index (χ1n) is 15.3. The van der Waals surface area contributed by atoms with E-state index in [-0.39, 0.29) is 49.3 Å². The molecule has 0 saturated carbocycles. The molecule has 2 aromatic rings. The molecule has 6 amide bonds. The molecule has 2 unspecified atom stereocenters. The number of nitrogens with zero attached hydrogens (tertiary/aromatic N) is 3. The van der Waals surface area contributed by atoms with Crippen molar-refractivity contribution < 1.29 is 43.8 Å². The fourth-order valence-electron chi connectivity index (χ4n) is 3.15. The molecule has 10 N–H and O–H groups in total. The van der Waals surface area contributed by atoms with Gasteiger partial charge in [-0.3, -0.25) is 28.8 Å². The number of amides is 6. The maximum atomic E-state index is 12.5. The lowest BCUT2D eigenvalue weighted by atomic mass is 10.1. The molecule has 19 nitrogen and oxygen atoms in total. The molecule has 1 heterocycles. The molecule has 0 spiro atoms. The van der Waals surface area contributed by atoms with E-state index in [4.69, 9.17) is 15.6 Å². The summed E-state index contributed by atoms with van der Waals surface area (Å²) in [5.74, 6) is -1.22. The Morgan fingerprint density at radius 1 is 1.06 bits per heavy atom. The summed E-state index contributed by atoms with van der Waals surface area (Å²) in [5.41, 5.74) is 5.91. The summed E-state index contributed by atoms with van der Waals surface area (Å²) in [6, 6.07) is 4.28. The van der Waals surface area contributed by atoms with E-state index in [1.54, 1.807) is 7.05 Å². The number of benzene rings is 1. The highest BCUT2D eigenvalue weighted by atomic mass is 31.0. The Hall–Kier alpha value is -5.00. The van der Waals surface area contributed by atoms with Crippen LogP contribution in [0.25, 0.3) is 0 Å². The highest BCUT2D eigenvalue weighted by molar-refractivity contribution is 7.39. The number of hydrogen-bond donors (Lipinski definition) is 9. The van der Waals surface area contributed by atoms with E-state index in [1.165, 1.54) is 29.1 Å². The minimum atomic E-state index is -0.833. The SMILES string of the molecule is CC(=O)O.CCCNC(N)=O.CNCC(=O)NC(C)C(C)C.O=CNCC(=O)Nc1ccc(CO)c(C(=O)NCc2cn(CC(=O)P)nn2)c1. The first kappa shape index (κ1) is 47.1. The number of aliphatic hydroxyl groups excluding tert-OH is 1. The van der Waals surface area contributed by atoms with Crippen LogP contribution >= 0.6 is 9.24 Å². The van der Waals surface area contributed by atoms with Crippen molar-refractivity contribution in [3.05, 3.63) is 41.2 Å². The molecule has 1 aromatic carbocycles. The van der Waals surface area contributed by atoms with Crippen molar-refractivity contribution in [3.63, 3.8) is 0 Å². The number of anilines is 1. The Kier molecular flexibility index (Phi) is 26.3. The molecule has 280 valence electrons. The highest BCUT2D eigenvalue weighted by Crippen LogP contribution is 2.16. The Morgan fingerprint density at radius 2 is 1.70 bits per heavy atom. The van der Waals surface area contributed by atoms with Gasteiger partial charge in [-0.25, -0.2) is 9.48 Å². The van der Waals surface area contributed by atoms with Gasteiger partial charge in [-0.1, -0.05) is 41.3 Å². The number of carboxylic acids is 1. The number of hydrogen-bond acceptors (Lipinski definition) is 11. The largest absolute Gasteiger partial charge is 0.481 e. The van der Waals surface area contributed by atoms with Gasteiger partial charge in [-0.2, -0.15) is 0 Å². The zero-order valence-electron chi connectivity index (χ0n) is 29.2. The van der Waals surface area contributed by atoms with E-state index in [2.05, 4.69) is 56.1 Å². The van der Waals surface area contributed by atoms with Crippen LogP contribution in [0.1, 0.15) is 62.7 Å². The molecule has 20 heteroatoms. The van der Waals surface area contributed by atoms with Gasteiger partial charge in [0.2, 0.25) is 18.2 Å². The minimum absolute atomic E-state index is 0.0565. The molecule has 0 aliphatic rings. The van der Waals surface area contributed by atoms with Crippen molar-refractivity contribution in [2.24, 2.45) is 11.7 Å². The van der Waals surface area contributed by atoms with Crippen LogP contribution in [0.3, 0.4) is 0 Å². The average molecular weight is 727 g/mol. The second-order valence-corrected chi connectivity index (χ2v) is 11.2. The van der Waals surface area contributed by atoms with Crippen LogP contribution in [0.2, 0.25) is 0 Å². The molecule has 50 heavy (non-hydrogen) atoms. The summed E-state index contributed by atoms with van der Waals surface area (Å²) in [6.07, 6.45) is 2.87. The minimum Gasteiger partial charge on any atom is -0.481 e. The fourth-order valence-corrected chi connectivity index (χ4v) is 3.33. The Balaban J connectivity index is 0. The number of likely N-dealkylation sites (N-methyl/N-ethyl adjacent to an activating group) is 1. The smallest absolute Gasteiger partial charge is 0.312 e. The van der Waals surface area contributed by atoms with Gasteiger partial charge in [0, 0.05) is 30.8 Å². The van der Waals surface area contributed by atoms with Crippen molar-refractivity contribution in [2.45, 2.75) is 66.8 Å². The molecule has 0 saturated heterocycles. The summed E-state index contributed by atoms with van der Waals surface area (Å²) in [7, 11) is 3.80. The number of nitrogens with one attached hydrogen (secondary N) is 6. The lowest BCUT2D eigenvalue weighted by Crippen LogP contribution is -2.40. The molecule has 1 aromatic heterocycles. The van der Waals surface area contributed by atoms with Crippen LogP contribution in [0.5, 0.6) is 0 Å². The van der Waals surface area contributed by atoms with Crippen molar-refractivity contribution in [2.75, 3.05) is 32.0 Å². The molecular formula is C30H51N10O9P. The zero-order chi connectivity index (χ0) is 38.6. The number of carbonyl (C=O) groups excluding carboxylic acids is 6. The third-order valence-corrected chi connectivity index (χ3v) is 5.95. The fraction of sp³-hybridized carbons (Fsp3) is 0.500. The summed E-state index contributed by atoms with van der Waals surface area (Å²) in [5, 5.41) is 40.0. The number of aliphatic carboxylic acids is 1. The van der Waals surface area contributed by atoms with E-state index in [0.717, 1.165) is 13.3 Å². The van der Waals surface area contributed by atoms with Gasteiger partial charge in [0.15, 0.2) is 5.52 Å².